The van der Waals surface area contributed by atoms with Gasteiger partial charge in [0.05, 0.1) is 17.1 Å². The van der Waals surface area contributed by atoms with Crippen LogP contribution in [0.4, 0.5) is 0 Å². The number of sulfone groups is 1. The molecule has 1 N–H and O–H groups in total. The largest absolute Gasteiger partial charge is 0.377 e. The molecule has 0 rings (SSSR count). The molecule has 0 bridgehead atoms. The third-order valence-corrected chi connectivity index (χ3v) is 5.29. The smallest absolute Gasteiger partial charge is 0.152 e. The van der Waals surface area contributed by atoms with Gasteiger partial charge in [-0.15, -0.1) is 0 Å². The summed E-state index contributed by atoms with van der Waals surface area (Å²) in [7, 11) is 0.331. The number of hydrogen-bond acceptors (Lipinski definition) is 4. The topological polar surface area (TPSA) is 55.4 Å². The molecule has 2 atom stereocenters. The maximum atomic E-state index is 12.0. The van der Waals surface area contributed by atoms with E-state index < -0.39 is 15.4 Å². The fourth-order valence-electron chi connectivity index (χ4n) is 1.65. The van der Waals surface area contributed by atoms with Crippen molar-refractivity contribution < 1.29 is 13.2 Å². The molecule has 0 heterocycles. The molecule has 5 heteroatoms. The van der Waals surface area contributed by atoms with Gasteiger partial charge in [0, 0.05) is 13.2 Å². The molecule has 0 amide bonds. The first-order valence-corrected chi connectivity index (χ1v) is 7.93. The Kier molecular flexibility index (Phi) is 6.66. The van der Waals surface area contributed by atoms with Gasteiger partial charge >= 0.3 is 0 Å². The SMILES string of the molecule is CCC(C)CS(=O)(=O)CC(NC)C(C)(C)OC. The van der Waals surface area contributed by atoms with Gasteiger partial charge in [0.25, 0.3) is 0 Å². The van der Waals surface area contributed by atoms with Crippen molar-refractivity contribution in [1.82, 2.24) is 5.32 Å². The summed E-state index contributed by atoms with van der Waals surface area (Å²) >= 11 is 0. The minimum absolute atomic E-state index is 0.120. The van der Waals surface area contributed by atoms with Crippen LogP contribution in [-0.2, 0) is 14.6 Å². The number of likely N-dealkylation sites (N-methyl/N-ethyl adjacent to an activating group) is 1. The van der Waals surface area contributed by atoms with E-state index in [1.165, 1.54) is 0 Å². The molecule has 0 spiro atoms. The van der Waals surface area contributed by atoms with Crippen molar-refractivity contribution >= 4 is 9.84 Å². The first kappa shape index (κ1) is 16.9. The van der Waals surface area contributed by atoms with Gasteiger partial charge in [-0.05, 0) is 26.8 Å². The Balaban J connectivity index is 4.68. The summed E-state index contributed by atoms with van der Waals surface area (Å²) in [6, 6.07) is -0.193. The van der Waals surface area contributed by atoms with Crippen LogP contribution in [0.25, 0.3) is 0 Å². The van der Waals surface area contributed by atoms with Crippen LogP contribution in [0.2, 0.25) is 0 Å². The second-order valence-electron chi connectivity index (χ2n) is 5.24. The third kappa shape index (κ3) is 5.84. The first-order chi connectivity index (χ1) is 7.68. The molecule has 0 aliphatic rings. The lowest BCUT2D eigenvalue weighted by Crippen LogP contribution is -2.51. The molecule has 2 unspecified atom stereocenters. The highest BCUT2D eigenvalue weighted by Crippen LogP contribution is 2.17. The summed E-state index contributed by atoms with van der Waals surface area (Å²) in [5, 5.41) is 3.04. The number of ether oxygens (including phenoxy) is 1. The van der Waals surface area contributed by atoms with E-state index in [1.54, 1.807) is 14.2 Å². The van der Waals surface area contributed by atoms with Crippen molar-refractivity contribution in [2.24, 2.45) is 5.92 Å². The maximum absolute atomic E-state index is 12.0. The van der Waals surface area contributed by atoms with Crippen molar-refractivity contribution in [3.05, 3.63) is 0 Å². The normalized spacial score (nSPS) is 16.8. The van der Waals surface area contributed by atoms with E-state index in [4.69, 9.17) is 4.74 Å². The summed E-state index contributed by atoms with van der Waals surface area (Å²) in [5.41, 5.74) is -0.489. The Labute approximate surface area is 106 Å². The van der Waals surface area contributed by atoms with Crippen LogP contribution in [0.15, 0.2) is 0 Å². The van der Waals surface area contributed by atoms with Gasteiger partial charge in [0.1, 0.15) is 0 Å². The predicted molar refractivity (Wildman–Crippen MR) is 72.0 cm³/mol. The average Bonchev–Trinajstić information content (AvgIpc) is 2.24. The van der Waals surface area contributed by atoms with Crippen molar-refractivity contribution in [1.29, 1.82) is 0 Å². The van der Waals surface area contributed by atoms with E-state index in [0.717, 1.165) is 6.42 Å². The van der Waals surface area contributed by atoms with Gasteiger partial charge in [0.15, 0.2) is 9.84 Å². The lowest BCUT2D eigenvalue weighted by atomic mass is 10.0. The molecule has 0 radical (unpaired) electrons. The van der Waals surface area contributed by atoms with Crippen molar-refractivity contribution in [3.8, 4) is 0 Å². The van der Waals surface area contributed by atoms with E-state index in [-0.39, 0.29) is 23.5 Å². The van der Waals surface area contributed by atoms with Crippen LogP contribution in [0.3, 0.4) is 0 Å². The van der Waals surface area contributed by atoms with Crippen LogP contribution < -0.4 is 5.32 Å². The molecule has 0 aliphatic carbocycles. The van der Waals surface area contributed by atoms with Gasteiger partial charge in [-0.1, -0.05) is 20.3 Å². The summed E-state index contributed by atoms with van der Waals surface area (Å²) in [5.74, 6) is 0.582. The number of methoxy groups -OCH3 is 1. The molecule has 0 aromatic rings. The van der Waals surface area contributed by atoms with Crippen molar-refractivity contribution in [2.75, 3.05) is 25.7 Å². The lowest BCUT2D eigenvalue weighted by Gasteiger charge is -2.32. The van der Waals surface area contributed by atoms with Gasteiger partial charge < -0.3 is 10.1 Å². The third-order valence-electron chi connectivity index (χ3n) is 3.37. The highest BCUT2D eigenvalue weighted by molar-refractivity contribution is 7.91. The van der Waals surface area contributed by atoms with Crippen LogP contribution in [-0.4, -0.2) is 45.7 Å². The number of rotatable bonds is 8. The van der Waals surface area contributed by atoms with E-state index >= 15 is 0 Å². The van der Waals surface area contributed by atoms with E-state index in [9.17, 15) is 8.42 Å². The van der Waals surface area contributed by atoms with Gasteiger partial charge in [-0.2, -0.15) is 0 Å². The maximum Gasteiger partial charge on any atom is 0.152 e. The molecule has 0 aromatic heterocycles. The Morgan fingerprint density at radius 3 is 2.18 bits per heavy atom. The second kappa shape index (κ2) is 6.71. The quantitative estimate of drug-likeness (QED) is 0.722. The molecule has 0 fully saturated rings. The monoisotopic (exact) mass is 265 g/mol. The average molecular weight is 265 g/mol. The Hall–Kier alpha value is -0.130. The molecule has 4 nitrogen and oxygen atoms in total. The zero-order chi connectivity index (χ0) is 13.7. The standard InChI is InChI=1S/C12H27NO3S/c1-7-10(2)8-17(14,15)9-11(13-5)12(3,4)16-6/h10-11,13H,7-9H2,1-6H3. The fourth-order valence-corrected chi connectivity index (χ4v) is 3.96. The minimum atomic E-state index is -3.04. The minimum Gasteiger partial charge on any atom is -0.377 e. The lowest BCUT2D eigenvalue weighted by molar-refractivity contribution is -0.00202. The fraction of sp³-hybridized carbons (Fsp3) is 1.00. The van der Waals surface area contributed by atoms with Crippen LogP contribution in [0.1, 0.15) is 34.1 Å². The summed E-state index contributed by atoms with van der Waals surface area (Å²) in [4.78, 5) is 0. The number of nitrogens with one attached hydrogen (secondary N) is 1. The van der Waals surface area contributed by atoms with Crippen molar-refractivity contribution in [3.63, 3.8) is 0 Å². The Bertz CT molecular complexity index is 312. The number of hydrogen-bond donors (Lipinski definition) is 1. The first-order valence-electron chi connectivity index (χ1n) is 6.11. The molecule has 17 heavy (non-hydrogen) atoms. The van der Waals surface area contributed by atoms with E-state index in [2.05, 4.69) is 5.32 Å². The van der Waals surface area contributed by atoms with Crippen molar-refractivity contribution in [2.45, 2.75) is 45.8 Å². The van der Waals surface area contributed by atoms with E-state index in [1.807, 2.05) is 27.7 Å². The molecular weight excluding hydrogens is 238 g/mol. The van der Waals surface area contributed by atoms with Gasteiger partial charge in [-0.3, -0.25) is 0 Å². The molecule has 0 aliphatic heterocycles. The zero-order valence-corrected chi connectivity index (χ0v) is 12.7. The Morgan fingerprint density at radius 1 is 1.29 bits per heavy atom. The highest BCUT2D eigenvalue weighted by Gasteiger charge is 2.32. The summed E-state index contributed by atoms with van der Waals surface area (Å²) in [6.45, 7) is 7.77. The molecule has 0 saturated heterocycles. The predicted octanol–water partition coefficient (Wildman–Crippen LogP) is 1.46. The second-order valence-corrected chi connectivity index (χ2v) is 7.39. The Morgan fingerprint density at radius 2 is 1.82 bits per heavy atom. The van der Waals surface area contributed by atoms with Gasteiger partial charge in [-0.25, -0.2) is 8.42 Å². The molecule has 104 valence electrons. The van der Waals surface area contributed by atoms with Crippen LogP contribution in [0.5, 0.6) is 0 Å². The van der Waals surface area contributed by atoms with E-state index in [0.29, 0.717) is 0 Å². The van der Waals surface area contributed by atoms with Gasteiger partial charge in [0.2, 0.25) is 0 Å². The zero-order valence-electron chi connectivity index (χ0n) is 11.9. The summed E-state index contributed by atoms with van der Waals surface area (Å²) in [6.07, 6.45) is 0.886. The highest BCUT2D eigenvalue weighted by atomic mass is 32.2. The molecule has 0 saturated carbocycles. The van der Waals surface area contributed by atoms with Crippen LogP contribution in [0, 0.1) is 5.92 Å². The molecular formula is C12H27NO3S. The summed E-state index contributed by atoms with van der Waals surface area (Å²) < 4.78 is 29.4. The molecule has 0 aromatic carbocycles. The van der Waals surface area contributed by atoms with Crippen LogP contribution >= 0.6 is 0 Å².